The van der Waals surface area contributed by atoms with Crippen LogP contribution in [-0.4, -0.2) is 25.2 Å². The van der Waals surface area contributed by atoms with E-state index in [-0.39, 0.29) is 12.0 Å². The SMILES string of the molecule is CCOC(=O)C[C@@H]1CNc2ccccc2N1. The fraction of sp³-hybridized carbons (Fsp3) is 0.417. The first kappa shape index (κ1) is 10.8. The van der Waals surface area contributed by atoms with E-state index >= 15 is 0 Å². The van der Waals surface area contributed by atoms with E-state index in [1.807, 2.05) is 31.2 Å². The maximum absolute atomic E-state index is 11.3. The molecule has 1 aromatic carbocycles. The highest BCUT2D eigenvalue weighted by Crippen LogP contribution is 2.25. The van der Waals surface area contributed by atoms with Crippen molar-refractivity contribution in [1.82, 2.24) is 0 Å². The van der Waals surface area contributed by atoms with Gasteiger partial charge in [0.05, 0.1) is 30.4 Å². The van der Waals surface area contributed by atoms with Gasteiger partial charge in [0.1, 0.15) is 0 Å². The van der Waals surface area contributed by atoms with Crippen LogP contribution in [0, 0.1) is 0 Å². The third-order valence-corrected chi connectivity index (χ3v) is 2.54. The van der Waals surface area contributed by atoms with E-state index in [2.05, 4.69) is 10.6 Å². The van der Waals surface area contributed by atoms with Crippen LogP contribution in [0.3, 0.4) is 0 Å². The largest absolute Gasteiger partial charge is 0.466 e. The summed E-state index contributed by atoms with van der Waals surface area (Å²) in [5, 5.41) is 6.61. The number of carbonyl (C=O) groups excluding carboxylic acids is 1. The number of hydrogen-bond donors (Lipinski definition) is 2. The lowest BCUT2D eigenvalue weighted by atomic mass is 10.1. The van der Waals surface area contributed by atoms with Gasteiger partial charge in [0.25, 0.3) is 0 Å². The van der Waals surface area contributed by atoms with Gasteiger partial charge in [-0.3, -0.25) is 4.79 Å². The molecule has 1 heterocycles. The Morgan fingerprint density at radius 3 is 2.94 bits per heavy atom. The molecule has 4 nitrogen and oxygen atoms in total. The lowest BCUT2D eigenvalue weighted by Gasteiger charge is -2.27. The topological polar surface area (TPSA) is 50.4 Å². The number of benzene rings is 1. The van der Waals surface area contributed by atoms with Gasteiger partial charge in [0.2, 0.25) is 0 Å². The molecular weight excluding hydrogens is 204 g/mol. The van der Waals surface area contributed by atoms with Crippen LogP contribution in [0.5, 0.6) is 0 Å². The summed E-state index contributed by atoms with van der Waals surface area (Å²) in [6.45, 7) is 3.01. The molecule has 1 aliphatic heterocycles. The minimum absolute atomic E-state index is 0.106. The summed E-state index contributed by atoms with van der Waals surface area (Å²) in [5.74, 6) is -0.152. The van der Waals surface area contributed by atoms with Crippen molar-refractivity contribution in [2.75, 3.05) is 23.8 Å². The summed E-state index contributed by atoms with van der Waals surface area (Å²) < 4.78 is 4.93. The van der Waals surface area contributed by atoms with Crippen molar-refractivity contribution in [1.29, 1.82) is 0 Å². The van der Waals surface area contributed by atoms with Crippen LogP contribution in [0.4, 0.5) is 11.4 Å². The van der Waals surface area contributed by atoms with E-state index in [4.69, 9.17) is 4.74 Å². The number of nitrogens with one attached hydrogen (secondary N) is 2. The number of esters is 1. The second-order valence-electron chi connectivity index (χ2n) is 3.78. The summed E-state index contributed by atoms with van der Waals surface area (Å²) >= 11 is 0. The van der Waals surface area contributed by atoms with Gasteiger partial charge in [0.15, 0.2) is 0 Å². The maximum Gasteiger partial charge on any atom is 0.307 e. The molecule has 0 aromatic heterocycles. The van der Waals surface area contributed by atoms with E-state index < -0.39 is 0 Å². The Morgan fingerprint density at radius 2 is 2.19 bits per heavy atom. The Morgan fingerprint density at radius 1 is 1.44 bits per heavy atom. The van der Waals surface area contributed by atoms with Crippen molar-refractivity contribution in [3.8, 4) is 0 Å². The number of fused-ring (bicyclic) bond motifs is 1. The Balaban J connectivity index is 1.95. The Labute approximate surface area is 95.0 Å². The van der Waals surface area contributed by atoms with Crippen LogP contribution >= 0.6 is 0 Å². The Hall–Kier alpha value is -1.71. The van der Waals surface area contributed by atoms with Crippen LogP contribution in [0.1, 0.15) is 13.3 Å². The quantitative estimate of drug-likeness (QED) is 0.763. The summed E-state index contributed by atoms with van der Waals surface area (Å²) in [7, 11) is 0. The molecule has 0 fully saturated rings. The predicted molar refractivity (Wildman–Crippen MR) is 63.6 cm³/mol. The number of ether oxygens (including phenoxy) is 1. The fourth-order valence-electron chi connectivity index (χ4n) is 1.81. The number of hydrogen-bond acceptors (Lipinski definition) is 4. The van der Waals surface area contributed by atoms with Crippen LogP contribution in [0.15, 0.2) is 24.3 Å². The predicted octanol–water partition coefficient (Wildman–Crippen LogP) is 1.85. The fourth-order valence-corrected chi connectivity index (χ4v) is 1.81. The number of carbonyl (C=O) groups is 1. The second kappa shape index (κ2) is 4.88. The van der Waals surface area contributed by atoms with Crippen molar-refractivity contribution in [2.24, 2.45) is 0 Å². The molecule has 0 radical (unpaired) electrons. The van der Waals surface area contributed by atoms with E-state index in [0.29, 0.717) is 13.0 Å². The maximum atomic E-state index is 11.3. The van der Waals surface area contributed by atoms with E-state index in [1.165, 1.54) is 0 Å². The molecule has 0 spiro atoms. The van der Waals surface area contributed by atoms with Crippen molar-refractivity contribution in [3.63, 3.8) is 0 Å². The summed E-state index contributed by atoms with van der Waals surface area (Å²) in [6.07, 6.45) is 0.398. The van der Waals surface area contributed by atoms with Crippen LogP contribution in [-0.2, 0) is 9.53 Å². The highest BCUT2D eigenvalue weighted by atomic mass is 16.5. The van der Waals surface area contributed by atoms with Gasteiger partial charge in [-0.05, 0) is 19.1 Å². The zero-order valence-corrected chi connectivity index (χ0v) is 9.32. The third kappa shape index (κ3) is 2.45. The first-order chi connectivity index (χ1) is 7.79. The monoisotopic (exact) mass is 220 g/mol. The molecule has 1 aromatic rings. The van der Waals surface area contributed by atoms with Gasteiger partial charge in [-0.15, -0.1) is 0 Å². The average molecular weight is 220 g/mol. The van der Waals surface area contributed by atoms with Gasteiger partial charge in [-0.25, -0.2) is 0 Å². The van der Waals surface area contributed by atoms with Gasteiger partial charge in [-0.2, -0.15) is 0 Å². The highest BCUT2D eigenvalue weighted by molar-refractivity contribution is 5.75. The molecule has 2 N–H and O–H groups in total. The number of anilines is 2. The van der Waals surface area contributed by atoms with E-state index in [1.54, 1.807) is 0 Å². The third-order valence-electron chi connectivity index (χ3n) is 2.54. The minimum Gasteiger partial charge on any atom is -0.466 e. The van der Waals surface area contributed by atoms with Gasteiger partial charge < -0.3 is 15.4 Å². The van der Waals surface area contributed by atoms with Crippen molar-refractivity contribution >= 4 is 17.3 Å². The van der Waals surface area contributed by atoms with E-state index in [0.717, 1.165) is 17.9 Å². The molecular formula is C12H16N2O2. The standard InChI is InChI=1S/C12H16N2O2/c1-2-16-12(15)7-9-8-13-10-5-3-4-6-11(10)14-9/h3-6,9,13-14H,2,7-8H2,1H3/t9-/m1/s1. The average Bonchev–Trinajstić information content (AvgIpc) is 2.29. The molecule has 0 aliphatic carbocycles. The molecule has 0 bridgehead atoms. The molecule has 86 valence electrons. The van der Waals surface area contributed by atoms with Crippen molar-refractivity contribution in [2.45, 2.75) is 19.4 Å². The first-order valence-corrected chi connectivity index (χ1v) is 5.54. The number of para-hydroxylation sites is 2. The lowest BCUT2D eigenvalue weighted by Crippen LogP contribution is -2.35. The molecule has 0 amide bonds. The lowest BCUT2D eigenvalue weighted by molar-refractivity contribution is -0.143. The molecule has 2 rings (SSSR count). The zero-order chi connectivity index (χ0) is 11.4. The Kier molecular flexibility index (Phi) is 3.29. The first-order valence-electron chi connectivity index (χ1n) is 5.54. The van der Waals surface area contributed by atoms with Crippen LogP contribution in [0.2, 0.25) is 0 Å². The van der Waals surface area contributed by atoms with Gasteiger partial charge in [0, 0.05) is 6.54 Å². The molecule has 0 unspecified atom stereocenters. The summed E-state index contributed by atoms with van der Waals surface area (Å²) in [4.78, 5) is 11.3. The van der Waals surface area contributed by atoms with Gasteiger partial charge >= 0.3 is 5.97 Å². The van der Waals surface area contributed by atoms with Crippen molar-refractivity contribution < 1.29 is 9.53 Å². The van der Waals surface area contributed by atoms with E-state index in [9.17, 15) is 4.79 Å². The molecule has 0 saturated carbocycles. The molecule has 4 heteroatoms. The molecule has 16 heavy (non-hydrogen) atoms. The number of rotatable bonds is 3. The summed E-state index contributed by atoms with van der Waals surface area (Å²) in [6, 6.07) is 8.08. The molecule has 1 atom stereocenters. The van der Waals surface area contributed by atoms with Gasteiger partial charge in [-0.1, -0.05) is 12.1 Å². The summed E-state index contributed by atoms with van der Waals surface area (Å²) in [5.41, 5.74) is 2.13. The smallest absolute Gasteiger partial charge is 0.307 e. The molecule has 1 aliphatic rings. The Bertz CT molecular complexity index is 379. The van der Waals surface area contributed by atoms with Crippen molar-refractivity contribution in [3.05, 3.63) is 24.3 Å². The van der Waals surface area contributed by atoms with Crippen LogP contribution in [0.25, 0.3) is 0 Å². The molecule has 0 saturated heterocycles. The zero-order valence-electron chi connectivity index (χ0n) is 9.32. The highest BCUT2D eigenvalue weighted by Gasteiger charge is 2.19. The normalized spacial score (nSPS) is 17.9. The van der Waals surface area contributed by atoms with Crippen LogP contribution < -0.4 is 10.6 Å². The minimum atomic E-state index is -0.152. The second-order valence-corrected chi connectivity index (χ2v) is 3.78.